The molecule has 0 unspecified atom stereocenters. The lowest BCUT2D eigenvalue weighted by Crippen LogP contribution is -2.05. The van der Waals surface area contributed by atoms with Crippen LogP contribution in [0.1, 0.15) is 23.9 Å². The molecule has 0 aliphatic carbocycles. The Kier molecular flexibility index (Phi) is 1.17. The largest absolute Gasteiger partial charge is 0.324 e. The Morgan fingerprint density at radius 3 is 2.85 bits per heavy atom. The molecule has 66 valence electrons. The van der Waals surface area contributed by atoms with Crippen LogP contribution in [0.15, 0.2) is 42.5 Å². The van der Waals surface area contributed by atoms with Crippen LogP contribution in [-0.4, -0.2) is 0 Å². The van der Waals surface area contributed by atoms with Crippen molar-refractivity contribution in [2.24, 2.45) is 5.73 Å². The summed E-state index contributed by atoms with van der Waals surface area (Å²) >= 11 is 0. The number of rotatable bonds is 1. The molecule has 13 heavy (non-hydrogen) atoms. The molecule has 1 nitrogen and oxygen atoms in total. The van der Waals surface area contributed by atoms with Crippen LogP contribution in [0.4, 0.5) is 0 Å². The standard InChI is InChI=1S/C12H13N/c1-9(13)11-8-4-6-10-5-2-3-7-12(10)11/h2-9H,13H2,1H3/t9-/m1/s1/i1D3,9D. The van der Waals surface area contributed by atoms with Crippen molar-refractivity contribution < 1.29 is 5.48 Å². The Morgan fingerprint density at radius 1 is 1.23 bits per heavy atom. The topological polar surface area (TPSA) is 26.0 Å². The highest BCUT2D eigenvalue weighted by atomic mass is 14.6. The molecule has 2 rings (SSSR count). The summed E-state index contributed by atoms with van der Waals surface area (Å²) in [5.41, 5.74) is 6.01. The highest BCUT2D eigenvalue weighted by molar-refractivity contribution is 5.85. The first-order valence-electron chi connectivity index (χ1n) is 6.11. The van der Waals surface area contributed by atoms with Gasteiger partial charge in [-0.25, -0.2) is 0 Å². The SMILES string of the molecule is [2H]C([2H])([2H])[C@@]([2H])(N)c1cccc2ccccc12. The summed E-state index contributed by atoms with van der Waals surface area (Å²) in [5, 5.41) is 1.60. The first-order chi connectivity index (χ1) is 7.84. The molecule has 0 bridgehead atoms. The van der Waals surface area contributed by atoms with Gasteiger partial charge in [0.15, 0.2) is 0 Å². The van der Waals surface area contributed by atoms with Gasteiger partial charge in [0.1, 0.15) is 0 Å². The summed E-state index contributed by atoms with van der Waals surface area (Å²) in [6.07, 6.45) is 0. The zero-order chi connectivity index (χ0) is 12.7. The predicted octanol–water partition coefficient (Wildman–Crippen LogP) is 2.86. The Morgan fingerprint density at radius 2 is 2.00 bits per heavy atom. The summed E-state index contributed by atoms with van der Waals surface area (Å²) in [4.78, 5) is 0. The fourth-order valence-corrected chi connectivity index (χ4v) is 1.46. The van der Waals surface area contributed by atoms with Crippen molar-refractivity contribution in [2.45, 2.75) is 12.9 Å². The van der Waals surface area contributed by atoms with Crippen LogP contribution in [0, 0.1) is 0 Å². The lowest BCUT2D eigenvalue weighted by atomic mass is 10.0. The van der Waals surface area contributed by atoms with Crippen molar-refractivity contribution in [3.8, 4) is 0 Å². The monoisotopic (exact) mass is 175 g/mol. The Balaban J connectivity index is 2.72. The Hall–Kier alpha value is -1.34. The van der Waals surface area contributed by atoms with Crippen molar-refractivity contribution in [3.63, 3.8) is 0 Å². The third-order valence-electron chi connectivity index (χ3n) is 2.08. The van der Waals surface area contributed by atoms with Gasteiger partial charge in [0.25, 0.3) is 0 Å². The Bertz CT molecular complexity index is 540. The molecule has 0 spiro atoms. The summed E-state index contributed by atoms with van der Waals surface area (Å²) in [6.45, 7) is -2.56. The average Bonchev–Trinajstić information content (AvgIpc) is 2.26. The van der Waals surface area contributed by atoms with Crippen LogP contribution in [-0.2, 0) is 0 Å². The van der Waals surface area contributed by atoms with Gasteiger partial charge in [0.05, 0.1) is 1.37 Å². The summed E-state index contributed by atoms with van der Waals surface area (Å²) < 4.78 is 30.0. The van der Waals surface area contributed by atoms with Gasteiger partial charge in [-0.2, -0.15) is 0 Å². The van der Waals surface area contributed by atoms with Crippen molar-refractivity contribution in [1.29, 1.82) is 0 Å². The zero-order valence-corrected chi connectivity index (χ0v) is 7.12. The number of nitrogens with two attached hydrogens (primary N) is 1. The van der Waals surface area contributed by atoms with Gasteiger partial charge >= 0.3 is 0 Å². The van der Waals surface area contributed by atoms with E-state index >= 15 is 0 Å². The maximum absolute atomic E-state index is 7.92. The number of fused-ring (bicyclic) bond motifs is 1. The second kappa shape index (κ2) is 3.19. The van der Waals surface area contributed by atoms with E-state index in [1.165, 1.54) is 0 Å². The highest BCUT2D eigenvalue weighted by Gasteiger charge is 2.02. The predicted molar refractivity (Wildman–Crippen MR) is 56.6 cm³/mol. The van der Waals surface area contributed by atoms with Crippen molar-refractivity contribution in [3.05, 3.63) is 48.0 Å². The molecule has 0 fully saturated rings. The van der Waals surface area contributed by atoms with Crippen LogP contribution in [0.3, 0.4) is 0 Å². The van der Waals surface area contributed by atoms with E-state index in [2.05, 4.69) is 0 Å². The van der Waals surface area contributed by atoms with Gasteiger partial charge < -0.3 is 5.73 Å². The Labute approximate surface area is 83.8 Å². The van der Waals surface area contributed by atoms with Crippen LogP contribution in [0.2, 0.25) is 0 Å². The summed E-state index contributed by atoms with van der Waals surface area (Å²) in [5.74, 6) is 0. The minimum atomic E-state index is -2.56. The molecular formula is C12H13N. The van der Waals surface area contributed by atoms with E-state index in [9.17, 15) is 0 Å². The van der Waals surface area contributed by atoms with Crippen LogP contribution >= 0.6 is 0 Å². The van der Waals surface area contributed by atoms with Crippen molar-refractivity contribution in [1.82, 2.24) is 0 Å². The van der Waals surface area contributed by atoms with Gasteiger partial charge in [0, 0.05) is 10.1 Å². The lowest BCUT2D eigenvalue weighted by molar-refractivity contribution is 0.827. The first-order valence-corrected chi connectivity index (χ1v) is 4.11. The molecule has 0 radical (unpaired) electrons. The summed E-state index contributed by atoms with van der Waals surface area (Å²) in [7, 11) is 0. The van der Waals surface area contributed by atoms with Crippen LogP contribution in [0.5, 0.6) is 0 Å². The van der Waals surface area contributed by atoms with E-state index in [1.807, 2.05) is 18.2 Å². The maximum Gasteiger partial charge on any atom is 0.0511 e. The third kappa shape index (κ3) is 1.43. The molecular weight excluding hydrogens is 158 g/mol. The fraction of sp³-hybridized carbons (Fsp3) is 0.167. The van der Waals surface area contributed by atoms with Crippen LogP contribution in [0.25, 0.3) is 10.8 Å². The molecule has 0 saturated heterocycles. The maximum atomic E-state index is 7.92. The molecule has 1 atom stereocenters. The molecule has 0 aliphatic heterocycles. The fourth-order valence-electron chi connectivity index (χ4n) is 1.46. The second-order valence-corrected chi connectivity index (χ2v) is 2.94. The van der Waals surface area contributed by atoms with E-state index in [-0.39, 0.29) is 0 Å². The van der Waals surface area contributed by atoms with E-state index in [1.54, 1.807) is 24.3 Å². The quantitative estimate of drug-likeness (QED) is 0.708. The third-order valence-corrected chi connectivity index (χ3v) is 2.08. The minimum Gasteiger partial charge on any atom is -0.324 e. The van der Waals surface area contributed by atoms with Crippen molar-refractivity contribution in [2.75, 3.05) is 0 Å². The molecule has 2 N–H and O–H groups in total. The lowest BCUT2D eigenvalue weighted by Gasteiger charge is -2.09. The van der Waals surface area contributed by atoms with E-state index in [0.29, 0.717) is 10.9 Å². The molecule has 0 saturated carbocycles. The smallest absolute Gasteiger partial charge is 0.0511 e. The molecule has 0 aliphatic rings. The number of benzene rings is 2. The molecule has 0 amide bonds. The highest BCUT2D eigenvalue weighted by Crippen LogP contribution is 2.22. The van der Waals surface area contributed by atoms with Gasteiger partial charge in [-0.3, -0.25) is 0 Å². The van der Waals surface area contributed by atoms with Gasteiger partial charge in [-0.15, -0.1) is 0 Å². The van der Waals surface area contributed by atoms with E-state index in [4.69, 9.17) is 11.2 Å². The van der Waals surface area contributed by atoms with E-state index in [0.717, 1.165) is 5.39 Å². The molecule has 1 heteroatoms. The number of hydrogen-bond donors (Lipinski definition) is 1. The number of hydrogen-bond acceptors (Lipinski definition) is 1. The summed E-state index contributed by atoms with van der Waals surface area (Å²) in [6, 6.07) is 10.4. The minimum absolute atomic E-state index is 0.329. The molecule has 2 aromatic carbocycles. The zero-order valence-electron chi connectivity index (χ0n) is 11.1. The van der Waals surface area contributed by atoms with Crippen LogP contribution < -0.4 is 5.73 Å². The van der Waals surface area contributed by atoms with E-state index < -0.39 is 12.9 Å². The van der Waals surface area contributed by atoms with Gasteiger partial charge in [0.2, 0.25) is 0 Å². The molecule has 0 aromatic heterocycles. The first kappa shape index (κ1) is 4.77. The van der Waals surface area contributed by atoms with Crippen molar-refractivity contribution >= 4 is 10.8 Å². The van der Waals surface area contributed by atoms with Gasteiger partial charge in [-0.05, 0) is 23.2 Å². The second-order valence-electron chi connectivity index (χ2n) is 2.94. The average molecular weight is 175 g/mol. The van der Waals surface area contributed by atoms with Gasteiger partial charge in [-0.1, -0.05) is 42.5 Å². The normalized spacial score (nSPS) is 21.0. The molecule has 2 aromatic rings. The molecule has 0 heterocycles.